The van der Waals surface area contributed by atoms with Gasteiger partial charge in [-0.3, -0.25) is 14.5 Å². The fourth-order valence-corrected chi connectivity index (χ4v) is 5.36. The Balaban J connectivity index is 1.39. The Hall–Kier alpha value is -2.14. The van der Waals surface area contributed by atoms with Gasteiger partial charge in [0.25, 0.3) is 0 Å². The quantitative estimate of drug-likeness (QED) is 0.354. The normalized spacial score (nSPS) is 37.4. The second kappa shape index (κ2) is 5.43. The number of halogens is 1. The van der Waals surface area contributed by atoms with Crippen LogP contribution >= 0.6 is 11.6 Å². The smallest absolute Gasteiger partial charge is 0.334 e. The third-order valence-corrected chi connectivity index (χ3v) is 6.78. The third kappa shape index (κ3) is 2.07. The molecule has 6 heteroatoms. The molecule has 3 fully saturated rings. The van der Waals surface area contributed by atoms with Crippen molar-refractivity contribution >= 4 is 29.4 Å². The number of imide groups is 1. The van der Waals surface area contributed by atoms with Crippen molar-refractivity contribution in [3.8, 4) is 5.75 Å². The Bertz CT molecular complexity index is 829. The number of para-hydroxylation sites is 1. The van der Waals surface area contributed by atoms with Gasteiger partial charge in [0.15, 0.2) is 0 Å². The van der Waals surface area contributed by atoms with Crippen molar-refractivity contribution in [2.24, 2.45) is 35.5 Å². The number of ether oxygens (including phenoxy) is 1. The van der Waals surface area contributed by atoms with Gasteiger partial charge in [0.1, 0.15) is 11.8 Å². The topological polar surface area (TPSA) is 63.7 Å². The molecule has 2 amide bonds. The molecule has 2 saturated carbocycles. The number of likely N-dealkylation sites (tertiary alicyclic amines) is 1. The highest BCUT2D eigenvalue weighted by Gasteiger charge is 2.67. The highest BCUT2D eigenvalue weighted by Crippen LogP contribution is 2.65. The van der Waals surface area contributed by atoms with Crippen LogP contribution in [0, 0.1) is 35.5 Å². The van der Waals surface area contributed by atoms with Crippen molar-refractivity contribution in [3.63, 3.8) is 0 Å². The van der Waals surface area contributed by atoms with Crippen molar-refractivity contribution in [3.05, 3.63) is 41.4 Å². The molecule has 26 heavy (non-hydrogen) atoms. The molecule has 0 aromatic heterocycles. The van der Waals surface area contributed by atoms with E-state index in [0.29, 0.717) is 16.9 Å². The summed E-state index contributed by atoms with van der Waals surface area (Å²) in [5, 5.41) is 0.308. The van der Waals surface area contributed by atoms with Crippen LogP contribution in [0.25, 0.3) is 0 Å². The number of benzene rings is 1. The van der Waals surface area contributed by atoms with E-state index < -0.39 is 12.0 Å². The van der Waals surface area contributed by atoms with Crippen LogP contribution < -0.4 is 4.74 Å². The summed E-state index contributed by atoms with van der Waals surface area (Å²) in [6.07, 6.45) is 5.34. The number of esters is 1. The van der Waals surface area contributed by atoms with Gasteiger partial charge < -0.3 is 4.74 Å². The van der Waals surface area contributed by atoms with Crippen LogP contribution in [0.15, 0.2) is 36.4 Å². The maximum absolute atomic E-state index is 13.0. The number of amides is 2. The Kier molecular flexibility index (Phi) is 3.35. The van der Waals surface area contributed by atoms with Crippen LogP contribution in [0.1, 0.15) is 13.3 Å². The monoisotopic (exact) mass is 371 g/mol. The largest absolute Gasteiger partial charge is 0.423 e. The van der Waals surface area contributed by atoms with E-state index in [0.717, 1.165) is 11.3 Å². The molecular weight excluding hydrogens is 354 g/mol. The van der Waals surface area contributed by atoms with Gasteiger partial charge in [0.05, 0.1) is 16.9 Å². The molecule has 5 nitrogen and oxygen atoms in total. The minimum Gasteiger partial charge on any atom is -0.423 e. The van der Waals surface area contributed by atoms with Gasteiger partial charge in [0.2, 0.25) is 11.8 Å². The molecule has 2 bridgehead atoms. The van der Waals surface area contributed by atoms with E-state index in [4.69, 9.17) is 16.3 Å². The second-order valence-electron chi connectivity index (χ2n) is 7.73. The number of carbonyl (C=O) groups is 3. The average molecular weight is 372 g/mol. The zero-order chi connectivity index (χ0) is 18.2. The molecule has 1 aliphatic heterocycles. The molecule has 1 saturated heterocycles. The van der Waals surface area contributed by atoms with Crippen molar-refractivity contribution < 1.29 is 19.1 Å². The summed E-state index contributed by atoms with van der Waals surface area (Å²) in [6, 6.07) is 5.67. The molecule has 0 radical (unpaired) electrons. The van der Waals surface area contributed by atoms with Crippen molar-refractivity contribution in [1.29, 1.82) is 0 Å². The Morgan fingerprint density at radius 1 is 1.12 bits per heavy atom. The van der Waals surface area contributed by atoms with E-state index >= 15 is 0 Å². The molecule has 6 rings (SSSR count). The number of hydrogen-bond donors (Lipinski definition) is 0. The minimum absolute atomic E-state index is 0.142. The van der Waals surface area contributed by atoms with Gasteiger partial charge in [0, 0.05) is 0 Å². The fraction of sp³-hybridized carbons (Fsp3) is 0.450. The van der Waals surface area contributed by atoms with Crippen LogP contribution in [-0.4, -0.2) is 28.7 Å². The summed E-state index contributed by atoms with van der Waals surface area (Å²) in [4.78, 5) is 39.7. The first kappa shape index (κ1) is 16.1. The van der Waals surface area contributed by atoms with Gasteiger partial charge in [-0.15, -0.1) is 0 Å². The number of hydrogen-bond acceptors (Lipinski definition) is 4. The zero-order valence-electron chi connectivity index (χ0n) is 14.2. The average Bonchev–Trinajstić information content (AvgIpc) is 3.41. The first-order valence-corrected chi connectivity index (χ1v) is 9.38. The van der Waals surface area contributed by atoms with Crippen LogP contribution in [0.4, 0.5) is 0 Å². The minimum atomic E-state index is -0.965. The van der Waals surface area contributed by atoms with E-state index in [9.17, 15) is 14.4 Å². The molecule has 1 aromatic carbocycles. The van der Waals surface area contributed by atoms with Gasteiger partial charge in [-0.05, 0) is 49.1 Å². The summed E-state index contributed by atoms with van der Waals surface area (Å²) < 4.78 is 5.34. The second-order valence-corrected chi connectivity index (χ2v) is 8.14. The highest BCUT2D eigenvalue weighted by atomic mass is 35.5. The van der Waals surface area contributed by atoms with E-state index in [1.165, 1.54) is 0 Å². The van der Waals surface area contributed by atoms with Crippen LogP contribution in [0.3, 0.4) is 0 Å². The van der Waals surface area contributed by atoms with Gasteiger partial charge in [-0.1, -0.05) is 35.9 Å². The van der Waals surface area contributed by atoms with E-state index in [1.807, 2.05) is 0 Å². The maximum atomic E-state index is 13.0. The highest BCUT2D eigenvalue weighted by molar-refractivity contribution is 6.32. The lowest BCUT2D eigenvalue weighted by atomic mass is 9.63. The summed E-state index contributed by atoms with van der Waals surface area (Å²) in [7, 11) is 0. The molecule has 0 unspecified atom stereocenters. The van der Waals surface area contributed by atoms with Crippen molar-refractivity contribution in [2.45, 2.75) is 19.4 Å². The predicted octanol–water partition coefficient (Wildman–Crippen LogP) is 2.69. The van der Waals surface area contributed by atoms with E-state index in [1.54, 1.807) is 31.2 Å². The number of nitrogens with zero attached hydrogens (tertiary/aromatic N) is 1. The Morgan fingerprint density at radius 3 is 2.27 bits per heavy atom. The van der Waals surface area contributed by atoms with Gasteiger partial charge in [-0.2, -0.15) is 0 Å². The molecule has 0 spiro atoms. The van der Waals surface area contributed by atoms with E-state index in [-0.39, 0.29) is 41.2 Å². The number of allylic oxidation sites excluding steroid dienone is 2. The number of rotatable bonds is 3. The summed E-state index contributed by atoms with van der Waals surface area (Å²) in [5.41, 5.74) is 0. The first-order valence-electron chi connectivity index (χ1n) is 9.00. The van der Waals surface area contributed by atoms with E-state index in [2.05, 4.69) is 12.2 Å². The molecule has 1 aromatic rings. The molecular formula is C20H18ClNO4. The molecule has 7 atom stereocenters. The molecule has 5 aliphatic rings. The van der Waals surface area contributed by atoms with Gasteiger partial charge in [-0.25, -0.2) is 4.79 Å². The Morgan fingerprint density at radius 2 is 1.69 bits per heavy atom. The predicted molar refractivity (Wildman–Crippen MR) is 93.1 cm³/mol. The standard InChI is InChI=1S/C20H18ClNO4/c1-9(20(25)26-15-5-3-2-4-14(15)21)22-18(23)16-10-6-7-11(13-8-12(10)13)17(16)19(22)24/h2-7,9-13,16-17H,8H2,1H3/t9-,10-,11+,12+,13-,16+,17-/m0/s1. The first-order chi connectivity index (χ1) is 12.5. The van der Waals surface area contributed by atoms with Gasteiger partial charge >= 0.3 is 5.97 Å². The Labute approximate surface area is 155 Å². The zero-order valence-corrected chi connectivity index (χ0v) is 14.9. The third-order valence-electron chi connectivity index (χ3n) is 6.47. The number of carbonyl (C=O) groups excluding carboxylic acids is 3. The lowest BCUT2D eigenvalue weighted by Gasteiger charge is -2.37. The summed E-state index contributed by atoms with van der Waals surface area (Å²) in [5.74, 6) is -0.141. The van der Waals surface area contributed by atoms with Crippen LogP contribution in [-0.2, 0) is 14.4 Å². The molecule has 1 heterocycles. The SMILES string of the molecule is C[C@@H](C(=O)Oc1ccccc1Cl)N1C(=O)[C@@H]2[C@H]3C=C[C@H]([C@@H]4C[C@H]34)[C@@H]2C1=O. The lowest BCUT2D eigenvalue weighted by Crippen LogP contribution is -2.45. The lowest BCUT2D eigenvalue weighted by molar-refractivity contribution is -0.152. The maximum Gasteiger partial charge on any atom is 0.334 e. The summed E-state index contributed by atoms with van der Waals surface area (Å²) >= 11 is 6.02. The summed E-state index contributed by atoms with van der Waals surface area (Å²) in [6.45, 7) is 1.54. The molecule has 134 valence electrons. The van der Waals surface area contributed by atoms with Crippen LogP contribution in [0.2, 0.25) is 5.02 Å². The van der Waals surface area contributed by atoms with Crippen molar-refractivity contribution in [1.82, 2.24) is 4.90 Å². The molecule has 0 N–H and O–H groups in total. The molecule has 4 aliphatic carbocycles. The van der Waals surface area contributed by atoms with Crippen LogP contribution in [0.5, 0.6) is 5.75 Å². The fourth-order valence-electron chi connectivity index (χ4n) is 5.19. The van der Waals surface area contributed by atoms with Crippen molar-refractivity contribution in [2.75, 3.05) is 0 Å².